The van der Waals surface area contributed by atoms with Crippen molar-refractivity contribution in [2.24, 2.45) is 0 Å². The SMILES string of the molecule is Cc1ccc(OCCNC(=O)/C=C/c2ccc([N+](=O)[O-])cc2)c(C)c1. The molecule has 0 saturated heterocycles. The number of nitro benzene ring substituents is 1. The van der Waals surface area contributed by atoms with E-state index in [1.54, 1.807) is 18.2 Å². The van der Waals surface area contributed by atoms with Crippen molar-refractivity contribution in [2.75, 3.05) is 13.2 Å². The molecule has 0 radical (unpaired) electrons. The third-order valence-corrected chi connectivity index (χ3v) is 3.52. The van der Waals surface area contributed by atoms with E-state index in [0.717, 1.165) is 11.3 Å². The second-order valence-electron chi connectivity index (χ2n) is 5.59. The summed E-state index contributed by atoms with van der Waals surface area (Å²) in [4.78, 5) is 21.9. The standard InChI is InChI=1S/C19H20N2O4/c1-14-3-9-18(15(2)13-14)25-12-11-20-19(22)10-6-16-4-7-17(8-5-16)21(23)24/h3-10,13H,11-12H2,1-2H3,(H,20,22)/b10-6+. The van der Waals surface area contributed by atoms with Crippen molar-refractivity contribution in [3.63, 3.8) is 0 Å². The third-order valence-electron chi connectivity index (χ3n) is 3.52. The largest absolute Gasteiger partial charge is 0.491 e. The van der Waals surface area contributed by atoms with Gasteiger partial charge in [0.25, 0.3) is 5.69 Å². The number of carbonyl (C=O) groups is 1. The zero-order valence-corrected chi connectivity index (χ0v) is 14.2. The van der Waals surface area contributed by atoms with Crippen LogP contribution in [0.4, 0.5) is 5.69 Å². The zero-order chi connectivity index (χ0) is 18.2. The Morgan fingerprint density at radius 2 is 1.92 bits per heavy atom. The predicted octanol–water partition coefficient (Wildman–Crippen LogP) is 3.42. The molecule has 25 heavy (non-hydrogen) atoms. The summed E-state index contributed by atoms with van der Waals surface area (Å²) in [6, 6.07) is 11.9. The second-order valence-corrected chi connectivity index (χ2v) is 5.59. The first-order valence-electron chi connectivity index (χ1n) is 7.86. The number of benzene rings is 2. The van der Waals surface area contributed by atoms with E-state index in [9.17, 15) is 14.9 Å². The lowest BCUT2D eigenvalue weighted by Crippen LogP contribution is -2.26. The summed E-state index contributed by atoms with van der Waals surface area (Å²) in [5.41, 5.74) is 2.97. The number of ether oxygens (including phenoxy) is 1. The highest BCUT2D eigenvalue weighted by atomic mass is 16.6. The summed E-state index contributed by atoms with van der Waals surface area (Å²) in [6.45, 7) is 4.76. The van der Waals surface area contributed by atoms with Gasteiger partial charge < -0.3 is 10.1 Å². The lowest BCUT2D eigenvalue weighted by atomic mass is 10.1. The van der Waals surface area contributed by atoms with Crippen molar-refractivity contribution in [1.82, 2.24) is 5.32 Å². The Labute approximate surface area is 146 Å². The van der Waals surface area contributed by atoms with Gasteiger partial charge in [0.15, 0.2) is 0 Å². The number of hydrogen-bond donors (Lipinski definition) is 1. The lowest BCUT2D eigenvalue weighted by molar-refractivity contribution is -0.384. The maximum Gasteiger partial charge on any atom is 0.269 e. The van der Waals surface area contributed by atoms with Crippen LogP contribution >= 0.6 is 0 Å². The first kappa shape index (κ1) is 18.2. The van der Waals surface area contributed by atoms with E-state index >= 15 is 0 Å². The molecule has 0 spiro atoms. The van der Waals surface area contributed by atoms with E-state index in [4.69, 9.17) is 4.74 Å². The van der Waals surface area contributed by atoms with Crippen LogP contribution in [0.3, 0.4) is 0 Å². The van der Waals surface area contributed by atoms with E-state index in [-0.39, 0.29) is 11.6 Å². The smallest absolute Gasteiger partial charge is 0.269 e. The average Bonchev–Trinajstić information content (AvgIpc) is 2.58. The molecule has 0 bridgehead atoms. The van der Waals surface area contributed by atoms with Crippen LogP contribution < -0.4 is 10.1 Å². The van der Waals surface area contributed by atoms with Crippen LogP contribution in [-0.4, -0.2) is 24.0 Å². The maximum atomic E-state index is 11.8. The van der Waals surface area contributed by atoms with Crippen LogP contribution in [0.2, 0.25) is 0 Å². The molecule has 6 heteroatoms. The van der Waals surface area contributed by atoms with Gasteiger partial charge in [-0.15, -0.1) is 0 Å². The number of nitro groups is 1. The Bertz CT molecular complexity index is 783. The summed E-state index contributed by atoms with van der Waals surface area (Å²) < 4.78 is 5.64. The van der Waals surface area contributed by atoms with Crippen LogP contribution in [0.25, 0.3) is 6.08 Å². The Hall–Kier alpha value is -3.15. The minimum Gasteiger partial charge on any atom is -0.491 e. The third kappa shape index (κ3) is 5.76. The normalized spacial score (nSPS) is 10.6. The molecule has 2 rings (SSSR count). The molecule has 0 aliphatic carbocycles. The first-order valence-corrected chi connectivity index (χ1v) is 7.86. The van der Waals surface area contributed by atoms with Gasteiger partial charge in [-0.3, -0.25) is 14.9 Å². The van der Waals surface area contributed by atoms with Gasteiger partial charge in [0.2, 0.25) is 5.91 Å². The van der Waals surface area contributed by atoms with Gasteiger partial charge in [0.1, 0.15) is 12.4 Å². The molecule has 0 aliphatic heterocycles. The number of hydrogen-bond acceptors (Lipinski definition) is 4. The van der Waals surface area contributed by atoms with Gasteiger partial charge in [-0.2, -0.15) is 0 Å². The van der Waals surface area contributed by atoms with Crippen LogP contribution in [0, 0.1) is 24.0 Å². The number of non-ortho nitro benzene ring substituents is 1. The number of nitrogens with one attached hydrogen (secondary N) is 1. The molecule has 0 heterocycles. The van der Waals surface area contributed by atoms with Gasteiger partial charge in [-0.25, -0.2) is 0 Å². The molecule has 0 atom stereocenters. The summed E-state index contributed by atoms with van der Waals surface area (Å²) in [6.07, 6.45) is 2.99. The molecule has 130 valence electrons. The number of carbonyl (C=O) groups excluding carboxylic acids is 1. The van der Waals surface area contributed by atoms with Crippen molar-refractivity contribution in [3.05, 3.63) is 75.3 Å². The fourth-order valence-electron chi connectivity index (χ4n) is 2.23. The van der Waals surface area contributed by atoms with Crippen molar-refractivity contribution < 1.29 is 14.5 Å². The molecule has 2 aromatic rings. The lowest BCUT2D eigenvalue weighted by Gasteiger charge is -2.09. The highest BCUT2D eigenvalue weighted by Crippen LogP contribution is 2.18. The molecular weight excluding hydrogens is 320 g/mol. The summed E-state index contributed by atoms with van der Waals surface area (Å²) in [7, 11) is 0. The number of aryl methyl sites for hydroxylation is 2. The molecule has 0 aliphatic rings. The molecule has 0 aromatic heterocycles. The van der Waals surface area contributed by atoms with Gasteiger partial charge >= 0.3 is 0 Å². The van der Waals surface area contributed by atoms with Gasteiger partial charge in [-0.05, 0) is 49.2 Å². The second kappa shape index (κ2) is 8.63. The van der Waals surface area contributed by atoms with Crippen LogP contribution in [-0.2, 0) is 4.79 Å². The number of amides is 1. The number of nitrogens with zero attached hydrogens (tertiary/aromatic N) is 1. The fourth-order valence-corrected chi connectivity index (χ4v) is 2.23. The molecule has 2 aromatic carbocycles. The van der Waals surface area contributed by atoms with E-state index in [1.807, 2.05) is 32.0 Å². The quantitative estimate of drug-likeness (QED) is 0.362. The van der Waals surface area contributed by atoms with Crippen molar-refractivity contribution in [3.8, 4) is 5.75 Å². The minimum absolute atomic E-state index is 0.0187. The Morgan fingerprint density at radius 3 is 2.56 bits per heavy atom. The van der Waals surface area contributed by atoms with Crippen LogP contribution in [0.5, 0.6) is 5.75 Å². The zero-order valence-electron chi connectivity index (χ0n) is 14.2. The fraction of sp³-hybridized carbons (Fsp3) is 0.211. The summed E-state index contributed by atoms with van der Waals surface area (Å²) in [5, 5.41) is 13.3. The monoisotopic (exact) mass is 340 g/mol. The highest BCUT2D eigenvalue weighted by Gasteiger charge is 2.03. The van der Waals surface area contributed by atoms with E-state index in [2.05, 4.69) is 5.32 Å². The number of rotatable bonds is 7. The molecule has 1 amide bonds. The van der Waals surface area contributed by atoms with Crippen LogP contribution in [0.15, 0.2) is 48.5 Å². The Kier molecular flexibility index (Phi) is 6.28. The predicted molar refractivity (Wildman–Crippen MR) is 96.6 cm³/mol. The summed E-state index contributed by atoms with van der Waals surface area (Å²) in [5.74, 6) is 0.559. The molecular formula is C19H20N2O4. The Balaban J connectivity index is 1.75. The molecule has 6 nitrogen and oxygen atoms in total. The molecule has 1 N–H and O–H groups in total. The molecule has 0 saturated carbocycles. The van der Waals surface area contributed by atoms with Crippen molar-refractivity contribution in [1.29, 1.82) is 0 Å². The Morgan fingerprint density at radius 1 is 1.20 bits per heavy atom. The molecule has 0 unspecified atom stereocenters. The van der Waals surface area contributed by atoms with E-state index < -0.39 is 4.92 Å². The van der Waals surface area contributed by atoms with Crippen molar-refractivity contribution >= 4 is 17.7 Å². The minimum atomic E-state index is -0.462. The maximum absolute atomic E-state index is 11.8. The van der Waals surface area contributed by atoms with Crippen molar-refractivity contribution in [2.45, 2.75) is 13.8 Å². The molecule has 0 fully saturated rings. The van der Waals surface area contributed by atoms with Crippen LogP contribution in [0.1, 0.15) is 16.7 Å². The first-order chi connectivity index (χ1) is 12.0. The summed E-state index contributed by atoms with van der Waals surface area (Å²) >= 11 is 0. The topological polar surface area (TPSA) is 81.5 Å². The van der Waals surface area contributed by atoms with E-state index in [0.29, 0.717) is 18.7 Å². The van der Waals surface area contributed by atoms with Gasteiger partial charge in [0.05, 0.1) is 11.5 Å². The van der Waals surface area contributed by atoms with Gasteiger partial charge in [0, 0.05) is 18.2 Å². The highest BCUT2D eigenvalue weighted by molar-refractivity contribution is 5.91. The average molecular weight is 340 g/mol. The van der Waals surface area contributed by atoms with E-state index in [1.165, 1.54) is 23.8 Å². The van der Waals surface area contributed by atoms with Gasteiger partial charge in [-0.1, -0.05) is 17.7 Å².